The molecule has 0 aliphatic heterocycles. The minimum atomic E-state index is -0.327. The number of thioether (sulfide) groups is 1. The Morgan fingerprint density at radius 1 is 1.24 bits per heavy atom. The number of hydrogen-bond acceptors (Lipinski definition) is 9. The van der Waals surface area contributed by atoms with E-state index < -0.39 is 0 Å². The van der Waals surface area contributed by atoms with Crippen molar-refractivity contribution < 1.29 is 5.11 Å². The molecule has 0 bridgehead atoms. The first-order chi connectivity index (χ1) is 14.1. The van der Waals surface area contributed by atoms with E-state index in [4.69, 9.17) is 0 Å². The molecule has 6 nitrogen and oxygen atoms in total. The van der Waals surface area contributed by atoms with Crippen LogP contribution in [0.3, 0.4) is 0 Å². The van der Waals surface area contributed by atoms with Crippen molar-refractivity contribution in [3.05, 3.63) is 35.0 Å². The lowest BCUT2D eigenvalue weighted by molar-refractivity contribution is 0.402. The third kappa shape index (κ3) is 4.71. The molecule has 0 spiro atoms. The summed E-state index contributed by atoms with van der Waals surface area (Å²) in [7, 11) is 0. The van der Waals surface area contributed by atoms with E-state index in [2.05, 4.69) is 26.6 Å². The number of anilines is 1. The molecule has 0 amide bonds. The molecule has 0 radical (unpaired) electrons. The van der Waals surface area contributed by atoms with Gasteiger partial charge in [0.2, 0.25) is 5.13 Å². The van der Waals surface area contributed by atoms with Crippen LogP contribution in [0.2, 0.25) is 0 Å². The van der Waals surface area contributed by atoms with Crippen molar-refractivity contribution in [3.63, 3.8) is 0 Å². The van der Waals surface area contributed by atoms with E-state index in [1.54, 1.807) is 0 Å². The van der Waals surface area contributed by atoms with E-state index in [9.17, 15) is 10.4 Å². The summed E-state index contributed by atoms with van der Waals surface area (Å²) in [5.74, 6) is 0.0218. The zero-order chi connectivity index (χ0) is 20.2. The number of nitrogens with zero attached hydrogens (tertiary/aromatic N) is 4. The second-order valence-corrected chi connectivity index (χ2v) is 10.6. The Labute approximate surface area is 181 Å². The zero-order valence-electron chi connectivity index (χ0n) is 16.0. The maximum atomic E-state index is 10.7. The van der Waals surface area contributed by atoms with Gasteiger partial charge in [-0.1, -0.05) is 54.5 Å². The summed E-state index contributed by atoms with van der Waals surface area (Å²) in [6.07, 6.45) is 6.19. The molecular weight excluding hydrogens is 422 g/mol. The van der Waals surface area contributed by atoms with Crippen molar-refractivity contribution in [1.29, 1.82) is 5.26 Å². The quantitative estimate of drug-likeness (QED) is 0.280. The highest BCUT2D eigenvalue weighted by Crippen LogP contribution is 2.36. The van der Waals surface area contributed by atoms with E-state index >= 15 is 0 Å². The number of thiazole rings is 1. The van der Waals surface area contributed by atoms with Crippen LogP contribution in [0.15, 0.2) is 34.4 Å². The molecule has 2 heterocycles. The summed E-state index contributed by atoms with van der Waals surface area (Å²) >= 11 is 4.30. The van der Waals surface area contributed by atoms with Crippen molar-refractivity contribution in [3.8, 4) is 6.07 Å². The van der Waals surface area contributed by atoms with Gasteiger partial charge in [-0.2, -0.15) is 5.26 Å². The van der Waals surface area contributed by atoms with Gasteiger partial charge in [0.25, 0.3) is 0 Å². The predicted octanol–water partition coefficient (Wildman–Crippen LogP) is 5.87. The average molecular weight is 444 g/mol. The fourth-order valence-electron chi connectivity index (χ4n) is 3.34. The summed E-state index contributed by atoms with van der Waals surface area (Å²) in [5, 5.41) is 33.3. The second kappa shape index (κ2) is 9.11. The molecule has 2 N–H and O–H groups in total. The molecule has 2 aromatic heterocycles. The number of allylic oxidation sites excluding steroid dienone is 1. The Bertz CT molecular complexity index is 1030. The summed E-state index contributed by atoms with van der Waals surface area (Å²) in [4.78, 5) is 4.50. The number of hydrogen-bond donors (Lipinski definition) is 2. The van der Waals surface area contributed by atoms with Gasteiger partial charge in [0.15, 0.2) is 4.34 Å². The molecule has 9 heteroatoms. The first-order valence-corrected chi connectivity index (χ1v) is 12.1. The van der Waals surface area contributed by atoms with Crippen molar-refractivity contribution in [2.24, 2.45) is 0 Å². The first-order valence-electron chi connectivity index (χ1n) is 9.60. The highest BCUT2D eigenvalue weighted by Gasteiger charge is 2.21. The van der Waals surface area contributed by atoms with Crippen LogP contribution < -0.4 is 5.32 Å². The molecule has 1 aliphatic carbocycles. The number of aliphatic hydroxyl groups excluding tert-OH is 1. The maximum absolute atomic E-state index is 10.7. The normalized spacial score (nSPS) is 17.0. The summed E-state index contributed by atoms with van der Waals surface area (Å²) in [6, 6.07) is 10.3. The van der Waals surface area contributed by atoms with E-state index in [1.165, 1.54) is 66.5 Å². The smallest absolute Gasteiger partial charge is 0.206 e. The molecule has 29 heavy (non-hydrogen) atoms. The van der Waals surface area contributed by atoms with Gasteiger partial charge < -0.3 is 10.4 Å². The van der Waals surface area contributed by atoms with Crippen molar-refractivity contribution in [1.82, 2.24) is 15.2 Å². The SMILES string of the molecule is CC(Sc1nnc(NC2CCCCC2)s1)/C(O)=C(\C#N)c1nc2ccccc2s1. The molecule has 1 aliphatic rings. The summed E-state index contributed by atoms with van der Waals surface area (Å²) in [5.41, 5.74) is 1.05. The minimum Gasteiger partial charge on any atom is -0.510 e. The Morgan fingerprint density at radius 2 is 2.03 bits per heavy atom. The zero-order valence-corrected chi connectivity index (χ0v) is 18.4. The van der Waals surface area contributed by atoms with Crippen LogP contribution >= 0.6 is 34.4 Å². The molecule has 1 atom stereocenters. The lowest BCUT2D eigenvalue weighted by atomic mass is 9.96. The van der Waals surface area contributed by atoms with Crippen molar-refractivity contribution >= 4 is 55.4 Å². The van der Waals surface area contributed by atoms with Crippen LogP contribution in [0.1, 0.15) is 44.0 Å². The average Bonchev–Trinajstić information content (AvgIpc) is 3.35. The van der Waals surface area contributed by atoms with Crippen LogP contribution in [0, 0.1) is 11.3 Å². The number of aliphatic hydroxyl groups is 1. The molecule has 4 rings (SSSR count). The van der Waals surface area contributed by atoms with Crippen LogP contribution in [-0.2, 0) is 0 Å². The number of fused-ring (bicyclic) bond motifs is 1. The topological polar surface area (TPSA) is 94.7 Å². The number of nitrogens with one attached hydrogen (secondary N) is 1. The Kier molecular flexibility index (Phi) is 6.33. The van der Waals surface area contributed by atoms with Gasteiger partial charge in [0, 0.05) is 6.04 Å². The highest BCUT2D eigenvalue weighted by atomic mass is 32.2. The second-order valence-electron chi connectivity index (χ2n) is 6.97. The van der Waals surface area contributed by atoms with Gasteiger partial charge in [-0.25, -0.2) is 4.98 Å². The van der Waals surface area contributed by atoms with Gasteiger partial charge in [-0.05, 0) is 31.9 Å². The highest BCUT2D eigenvalue weighted by molar-refractivity contribution is 8.01. The fraction of sp³-hybridized carbons (Fsp3) is 0.400. The van der Waals surface area contributed by atoms with Crippen LogP contribution in [0.4, 0.5) is 5.13 Å². The van der Waals surface area contributed by atoms with Crippen LogP contribution in [-0.4, -0.2) is 31.6 Å². The summed E-state index contributed by atoms with van der Waals surface area (Å²) < 4.78 is 1.76. The Hall–Kier alpha value is -2.15. The Morgan fingerprint density at radius 3 is 2.79 bits per heavy atom. The molecule has 150 valence electrons. The number of aromatic nitrogens is 3. The molecule has 1 saturated carbocycles. The fourth-order valence-corrected chi connectivity index (χ4v) is 6.35. The molecule has 0 saturated heterocycles. The largest absolute Gasteiger partial charge is 0.510 e. The number of rotatable bonds is 6. The number of nitriles is 1. The molecule has 3 aromatic rings. The van der Waals surface area contributed by atoms with E-state index in [0.29, 0.717) is 11.0 Å². The van der Waals surface area contributed by atoms with Gasteiger partial charge in [-0.3, -0.25) is 0 Å². The van der Waals surface area contributed by atoms with Crippen molar-refractivity contribution in [2.45, 2.75) is 54.7 Å². The lowest BCUT2D eigenvalue weighted by Gasteiger charge is -2.21. The molecule has 1 unspecified atom stereocenters. The van der Waals surface area contributed by atoms with Gasteiger partial charge >= 0.3 is 0 Å². The van der Waals surface area contributed by atoms with Gasteiger partial charge in [-0.15, -0.1) is 21.5 Å². The van der Waals surface area contributed by atoms with E-state index in [-0.39, 0.29) is 16.6 Å². The molecule has 1 fully saturated rings. The lowest BCUT2D eigenvalue weighted by Crippen LogP contribution is -2.21. The first kappa shape index (κ1) is 20.1. The van der Waals surface area contributed by atoms with Crippen molar-refractivity contribution in [2.75, 3.05) is 5.32 Å². The Balaban J connectivity index is 1.47. The number of para-hydroxylation sites is 1. The third-order valence-electron chi connectivity index (χ3n) is 4.88. The minimum absolute atomic E-state index is 0.0218. The van der Waals surface area contributed by atoms with Crippen LogP contribution in [0.5, 0.6) is 0 Å². The van der Waals surface area contributed by atoms with Gasteiger partial charge in [0.05, 0.1) is 15.5 Å². The predicted molar refractivity (Wildman–Crippen MR) is 121 cm³/mol. The van der Waals surface area contributed by atoms with E-state index in [0.717, 1.165) is 19.7 Å². The molecule has 1 aromatic carbocycles. The maximum Gasteiger partial charge on any atom is 0.206 e. The molecular formula is C20H21N5OS3. The monoisotopic (exact) mass is 443 g/mol. The van der Waals surface area contributed by atoms with Crippen LogP contribution in [0.25, 0.3) is 15.8 Å². The standard InChI is InChI=1S/C20H21N5OS3/c1-12(27-20-25-24-19(29-20)22-13-7-3-2-4-8-13)17(26)14(11-21)18-23-15-9-5-6-10-16(15)28-18/h5-6,9-10,12-13,26H,2-4,7-8H2,1H3,(H,22,24)/b17-14-. The number of benzene rings is 1. The van der Waals surface area contributed by atoms with E-state index in [1.807, 2.05) is 31.2 Å². The van der Waals surface area contributed by atoms with Gasteiger partial charge in [0.1, 0.15) is 22.4 Å². The third-order valence-corrected chi connectivity index (χ3v) is 7.98. The summed E-state index contributed by atoms with van der Waals surface area (Å²) in [6.45, 7) is 1.86.